The van der Waals surface area contributed by atoms with Gasteiger partial charge in [-0.2, -0.15) is 0 Å². The van der Waals surface area contributed by atoms with Crippen molar-refractivity contribution in [1.82, 2.24) is 4.98 Å². The number of halogens is 1. The Bertz CT molecular complexity index is 571. The van der Waals surface area contributed by atoms with Crippen molar-refractivity contribution in [3.05, 3.63) is 46.5 Å². The first kappa shape index (κ1) is 16.6. The number of benzene rings is 1. The first-order chi connectivity index (χ1) is 9.22. The highest BCUT2D eigenvalue weighted by Crippen LogP contribution is 2.19. The number of aryl methyl sites for hydroxylation is 1. The molecule has 0 aliphatic carbocycles. The van der Waals surface area contributed by atoms with Crippen LogP contribution in [0.15, 0.2) is 29.6 Å². The molecule has 0 saturated heterocycles. The number of ketones is 1. The van der Waals surface area contributed by atoms with Gasteiger partial charge in [0.1, 0.15) is 5.69 Å². The third kappa shape index (κ3) is 4.03. The summed E-state index contributed by atoms with van der Waals surface area (Å²) in [6, 6.07) is 7.55. The Hall–Kier alpha value is -1.43. The van der Waals surface area contributed by atoms with E-state index in [1.807, 2.05) is 31.2 Å². The molecular formula is C14H18ClN3OS. The number of nitrogens with two attached hydrogens (primary N) is 1. The molecule has 0 radical (unpaired) electrons. The van der Waals surface area contributed by atoms with Gasteiger partial charge in [-0.1, -0.05) is 24.3 Å². The highest BCUT2D eigenvalue weighted by Gasteiger charge is 2.14. The van der Waals surface area contributed by atoms with Crippen LogP contribution in [0.4, 0.5) is 5.13 Å². The first-order valence-electron chi connectivity index (χ1n) is 6.22. The second kappa shape index (κ2) is 7.99. The van der Waals surface area contributed by atoms with E-state index in [0.29, 0.717) is 17.8 Å². The molecule has 0 saturated carbocycles. The van der Waals surface area contributed by atoms with Gasteiger partial charge in [0.2, 0.25) is 5.78 Å². The number of carbonyl (C=O) groups is 1. The van der Waals surface area contributed by atoms with Crippen LogP contribution in [0.3, 0.4) is 0 Å². The van der Waals surface area contributed by atoms with Crippen LogP contribution in [0.2, 0.25) is 0 Å². The van der Waals surface area contributed by atoms with Crippen molar-refractivity contribution in [2.45, 2.75) is 13.3 Å². The second-order valence-corrected chi connectivity index (χ2v) is 5.11. The third-order valence-electron chi connectivity index (χ3n) is 2.78. The average Bonchev–Trinajstić information content (AvgIpc) is 2.88. The molecule has 2 rings (SSSR count). The summed E-state index contributed by atoms with van der Waals surface area (Å²) in [6.45, 7) is 3.36. The Balaban J connectivity index is 0.00000200. The number of thiazole rings is 1. The van der Waals surface area contributed by atoms with Gasteiger partial charge >= 0.3 is 0 Å². The summed E-state index contributed by atoms with van der Waals surface area (Å²) in [5, 5.41) is 5.72. The van der Waals surface area contributed by atoms with E-state index in [4.69, 9.17) is 5.73 Å². The molecule has 0 spiro atoms. The predicted molar refractivity (Wildman–Crippen MR) is 86.1 cm³/mol. The molecule has 1 aromatic carbocycles. The number of anilines is 1. The van der Waals surface area contributed by atoms with Crippen molar-refractivity contribution in [2.24, 2.45) is 5.73 Å². The summed E-state index contributed by atoms with van der Waals surface area (Å²) in [4.78, 5) is 16.6. The Kier molecular flexibility index (Phi) is 6.64. The lowest BCUT2D eigenvalue weighted by atomic mass is 10.0. The second-order valence-electron chi connectivity index (χ2n) is 4.25. The summed E-state index contributed by atoms with van der Waals surface area (Å²) >= 11 is 1.44. The molecule has 3 N–H and O–H groups in total. The van der Waals surface area contributed by atoms with E-state index in [-0.39, 0.29) is 18.2 Å². The maximum Gasteiger partial charge on any atom is 0.212 e. The molecule has 2 aromatic rings. The third-order valence-corrected chi connectivity index (χ3v) is 3.58. The minimum atomic E-state index is -0.0266. The standard InChI is InChI=1S/C14H17N3OS.ClH/c1-10-5-2-3-6-11(10)13(18)12-9-19-14(17-12)16-8-4-7-15;/h2-3,5-6,9H,4,7-8,15H2,1H3,(H,16,17);1H. The largest absolute Gasteiger partial charge is 0.361 e. The summed E-state index contributed by atoms with van der Waals surface area (Å²) in [6.07, 6.45) is 0.890. The van der Waals surface area contributed by atoms with E-state index in [1.165, 1.54) is 11.3 Å². The minimum Gasteiger partial charge on any atom is -0.361 e. The Labute approximate surface area is 128 Å². The molecule has 0 fully saturated rings. The van der Waals surface area contributed by atoms with E-state index >= 15 is 0 Å². The molecule has 0 atom stereocenters. The molecule has 108 valence electrons. The smallest absolute Gasteiger partial charge is 0.212 e. The lowest BCUT2D eigenvalue weighted by Gasteiger charge is -2.02. The number of hydrogen-bond donors (Lipinski definition) is 2. The molecular weight excluding hydrogens is 294 g/mol. The summed E-state index contributed by atoms with van der Waals surface area (Å²) in [7, 11) is 0. The predicted octanol–water partition coefficient (Wildman–Crippen LogP) is 2.87. The minimum absolute atomic E-state index is 0. The van der Waals surface area contributed by atoms with Crippen molar-refractivity contribution < 1.29 is 4.79 Å². The summed E-state index contributed by atoms with van der Waals surface area (Å²) in [5.41, 5.74) is 7.60. The van der Waals surface area contributed by atoms with E-state index in [1.54, 1.807) is 5.38 Å². The van der Waals surface area contributed by atoms with E-state index in [9.17, 15) is 4.79 Å². The fourth-order valence-electron chi connectivity index (χ4n) is 1.72. The number of hydrogen-bond acceptors (Lipinski definition) is 5. The lowest BCUT2D eigenvalue weighted by molar-refractivity contribution is 0.103. The van der Waals surface area contributed by atoms with Crippen molar-refractivity contribution in [3.63, 3.8) is 0 Å². The van der Waals surface area contributed by atoms with Gasteiger partial charge in [-0.15, -0.1) is 23.7 Å². The van der Waals surface area contributed by atoms with Crippen molar-refractivity contribution >= 4 is 34.7 Å². The molecule has 0 aliphatic rings. The van der Waals surface area contributed by atoms with E-state index in [2.05, 4.69) is 10.3 Å². The molecule has 1 heterocycles. The molecule has 1 aromatic heterocycles. The zero-order valence-corrected chi connectivity index (χ0v) is 12.9. The maximum absolute atomic E-state index is 12.3. The van der Waals surface area contributed by atoms with E-state index in [0.717, 1.165) is 23.7 Å². The van der Waals surface area contributed by atoms with Gasteiger partial charge in [-0.05, 0) is 25.5 Å². The van der Waals surface area contributed by atoms with Crippen molar-refractivity contribution in [2.75, 3.05) is 18.4 Å². The number of aromatic nitrogens is 1. The van der Waals surface area contributed by atoms with Gasteiger partial charge in [-0.25, -0.2) is 4.98 Å². The fourth-order valence-corrected chi connectivity index (χ4v) is 2.44. The maximum atomic E-state index is 12.3. The average molecular weight is 312 g/mol. The molecule has 4 nitrogen and oxygen atoms in total. The van der Waals surface area contributed by atoms with Crippen LogP contribution >= 0.6 is 23.7 Å². The summed E-state index contributed by atoms with van der Waals surface area (Å²) in [5.74, 6) is -0.0266. The van der Waals surface area contributed by atoms with Gasteiger partial charge < -0.3 is 11.1 Å². The number of nitrogens with one attached hydrogen (secondary N) is 1. The van der Waals surface area contributed by atoms with Crippen LogP contribution in [0.25, 0.3) is 0 Å². The summed E-state index contributed by atoms with van der Waals surface area (Å²) < 4.78 is 0. The molecule has 20 heavy (non-hydrogen) atoms. The lowest BCUT2D eigenvalue weighted by Crippen LogP contribution is -2.09. The van der Waals surface area contributed by atoms with Crippen LogP contribution in [0.1, 0.15) is 28.0 Å². The van der Waals surface area contributed by atoms with Gasteiger partial charge in [0, 0.05) is 17.5 Å². The van der Waals surface area contributed by atoms with Gasteiger partial charge in [-0.3, -0.25) is 4.79 Å². The van der Waals surface area contributed by atoms with Crippen molar-refractivity contribution in [3.8, 4) is 0 Å². The molecule has 0 aliphatic heterocycles. The Morgan fingerprint density at radius 1 is 1.40 bits per heavy atom. The van der Waals surface area contributed by atoms with Crippen molar-refractivity contribution in [1.29, 1.82) is 0 Å². The SMILES string of the molecule is Cc1ccccc1C(=O)c1csc(NCCCN)n1.Cl. The molecule has 6 heteroatoms. The quantitative estimate of drug-likeness (QED) is 0.636. The van der Waals surface area contributed by atoms with Gasteiger partial charge in [0.25, 0.3) is 0 Å². The van der Waals surface area contributed by atoms with Crippen LogP contribution in [0, 0.1) is 6.92 Å². The Morgan fingerprint density at radius 3 is 2.85 bits per heavy atom. The fraction of sp³-hybridized carbons (Fsp3) is 0.286. The monoisotopic (exact) mass is 311 g/mol. The van der Waals surface area contributed by atoms with Crippen LogP contribution < -0.4 is 11.1 Å². The number of rotatable bonds is 6. The zero-order valence-electron chi connectivity index (χ0n) is 11.3. The van der Waals surface area contributed by atoms with Gasteiger partial charge in [0.05, 0.1) is 0 Å². The molecule has 0 amide bonds. The molecule has 0 unspecified atom stereocenters. The number of nitrogens with zero attached hydrogens (tertiary/aromatic N) is 1. The zero-order chi connectivity index (χ0) is 13.7. The first-order valence-corrected chi connectivity index (χ1v) is 7.10. The van der Waals surface area contributed by atoms with Gasteiger partial charge in [0.15, 0.2) is 5.13 Å². The van der Waals surface area contributed by atoms with Crippen LogP contribution in [-0.4, -0.2) is 23.9 Å². The highest BCUT2D eigenvalue weighted by molar-refractivity contribution is 7.13. The Morgan fingerprint density at radius 2 is 2.15 bits per heavy atom. The number of carbonyl (C=O) groups excluding carboxylic acids is 1. The van der Waals surface area contributed by atoms with Crippen LogP contribution in [0.5, 0.6) is 0 Å². The molecule has 0 bridgehead atoms. The highest BCUT2D eigenvalue weighted by atomic mass is 35.5. The van der Waals surface area contributed by atoms with Crippen LogP contribution in [-0.2, 0) is 0 Å². The normalized spacial score (nSPS) is 9.90. The van der Waals surface area contributed by atoms with E-state index < -0.39 is 0 Å². The topological polar surface area (TPSA) is 68.0 Å².